The summed E-state index contributed by atoms with van der Waals surface area (Å²) in [7, 11) is 3.37. The van der Waals surface area contributed by atoms with Gasteiger partial charge in [-0.25, -0.2) is 4.79 Å². The lowest BCUT2D eigenvalue weighted by molar-refractivity contribution is -0.171. The van der Waals surface area contributed by atoms with Gasteiger partial charge in [0, 0.05) is 62.7 Å². The van der Waals surface area contributed by atoms with E-state index in [9.17, 15) is 14.7 Å². The number of nitrogens with zero attached hydrogens (tertiary/aromatic N) is 2. The first-order valence-corrected chi connectivity index (χ1v) is 19.7. The summed E-state index contributed by atoms with van der Waals surface area (Å²) >= 11 is 0. The zero-order valence-electron chi connectivity index (χ0n) is 34.0. The summed E-state index contributed by atoms with van der Waals surface area (Å²) in [5.74, 6) is 0.235. The number of hydrogen-bond acceptors (Lipinski definition) is 11. The molecule has 306 valence electrons. The number of carbonyl (C=O) groups is 2. The van der Waals surface area contributed by atoms with Crippen LogP contribution in [-0.2, 0) is 47.1 Å². The molecule has 2 heterocycles. The molecule has 1 unspecified atom stereocenters. The molecule has 0 bridgehead atoms. The van der Waals surface area contributed by atoms with Crippen molar-refractivity contribution >= 4 is 17.7 Å². The smallest absolute Gasteiger partial charge is 0.413 e. The molecule has 56 heavy (non-hydrogen) atoms. The molecule has 1 amide bonds. The number of fused-ring (bicyclic) bond motifs is 1. The number of amides is 1. The van der Waals surface area contributed by atoms with Crippen molar-refractivity contribution in [2.45, 2.75) is 90.5 Å². The highest BCUT2D eigenvalue weighted by atomic mass is 16.7. The molecule has 3 aromatic carbocycles. The van der Waals surface area contributed by atoms with Crippen LogP contribution < -0.4 is 14.4 Å². The fourth-order valence-corrected chi connectivity index (χ4v) is 7.37. The molecule has 4 atom stereocenters. The van der Waals surface area contributed by atoms with E-state index in [0.29, 0.717) is 38.6 Å². The van der Waals surface area contributed by atoms with Crippen molar-refractivity contribution in [3.63, 3.8) is 0 Å². The molecule has 12 heteroatoms. The molecule has 0 aliphatic carbocycles. The fourth-order valence-electron chi connectivity index (χ4n) is 7.37. The number of esters is 1. The Balaban J connectivity index is 1.24. The van der Waals surface area contributed by atoms with Gasteiger partial charge in [0.2, 0.25) is 6.29 Å². The SMILES string of the molecule is COCCCN1CC(C)(C)c2ccc(CO[C@H]3CN(C(=O)OC(C)OC(=O)C(C)C)C[C@@H](O)[C@@H]3c3ccc(OCCCOCc4ccccc4OC)cc3)cc21. The van der Waals surface area contributed by atoms with Crippen LogP contribution in [0.2, 0.25) is 0 Å². The molecule has 1 N–H and O–H groups in total. The van der Waals surface area contributed by atoms with Gasteiger partial charge in [0.05, 0.1) is 64.8 Å². The third-order valence-electron chi connectivity index (χ3n) is 10.3. The number of rotatable bonds is 19. The lowest BCUT2D eigenvalue weighted by atomic mass is 9.84. The summed E-state index contributed by atoms with van der Waals surface area (Å²) in [6, 6.07) is 21.9. The lowest BCUT2D eigenvalue weighted by Gasteiger charge is -2.41. The zero-order valence-corrected chi connectivity index (χ0v) is 34.0. The quantitative estimate of drug-likeness (QED) is 0.0782. The highest BCUT2D eigenvalue weighted by Gasteiger charge is 2.41. The summed E-state index contributed by atoms with van der Waals surface area (Å²) in [6.45, 7) is 13.9. The molecule has 2 aliphatic heterocycles. The number of hydrogen-bond donors (Lipinski definition) is 1. The number of β-amino-alcohol motifs (C(OH)–C–C–N with tert-alkyl or cyclic N) is 1. The Morgan fingerprint density at radius 3 is 2.39 bits per heavy atom. The number of carbonyl (C=O) groups excluding carboxylic acids is 2. The number of benzene rings is 3. The molecule has 1 fully saturated rings. The van der Waals surface area contributed by atoms with E-state index in [1.165, 1.54) is 23.1 Å². The van der Waals surface area contributed by atoms with E-state index < -0.39 is 36.5 Å². The maximum Gasteiger partial charge on any atom is 0.413 e. The molecule has 0 spiro atoms. The molecular formula is C44H60N2O10. The first-order chi connectivity index (χ1) is 26.9. The van der Waals surface area contributed by atoms with E-state index in [0.717, 1.165) is 42.0 Å². The van der Waals surface area contributed by atoms with Crippen LogP contribution in [0.3, 0.4) is 0 Å². The Morgan fingerprint density at radius 1 is 0.893 bits per heavy atom. The molecule has 5 rings (SSSR count). The highest BCUT2D eigenvalue weighted by Crippen LogP contribution is 2.41. The summed E-state index contributed by atoms with van der Waals surface area (Å²) in [5, 5.41) is 11.6. The molecule has 1 saturated heterocycles. The van der Waals surface area contributed by atoms with Gasteiger partial charge in [-0.1, -0.05) is 70.2 Å². The number of likely N-dealkylation sites (tertiary alicyclic amines) is 1. The van der Waals surface area contributed by atoms with Gasteiger partial charge < -0.3 is 48.1 Å². The average Bonchev–Trinajstić information content (AvgIpc) is 3.43. The van der Waals surface area contributed by atoms with Crippen LogP contribution in [0, 0.1) is 5.92 Å². The van der Waals surface area contributed by atoms with Crippen molar-refractivity contribution in [2.75, 3.05) is 65.1 Å². The monoisotopic (exact) mass is 776 g/mol. The maximum absolute atomic E-state index is 13.3. The van der Waals surface area contributed by atoms with Crippen molar-refractivity contribution in [2.24, 2.45) is 5.92 Å². The molecule has 3 aromatic rings. The Bertz CT molecular complexity index is 1710. The van der Waals surface area contributed by atoms with Crippen molar-refractivity contribution in [1.29, 1.82) is 0 Å². The molecular weight excluding hydrogens is 716 g/mol. The summed E-state index contributed by atoms with van der Waals surface area (Å²) in [5.41, 5.74) is 5.37. The third kappa shape index (κ3) is 11.4. The van der Waals surface area contributed by atoms with Crippen LogP contribution in [-0.4, -0.2) is 101 Å². The van der Waals surface area contributed by atoms with Crippen molar-refractivity contribution in [3.05, 3.63) is 89.0 Å². The maximum atomic E-state index is 13.3. The Labute approximate surface area is 331 Å². The molecule has 0 saturated carbocycles. The zero-order chi connectivity index (χ0) is 40.2. The minimum atomic E-state index is -1.08. The van der Waals surface area contributed by atoms with Crippen LogP contribution in [0.1, 0.15) is 75.6 Å². The number of piperidine rings is 1. The van der Waals surface area contributed by atoms with Crippen LogP contribution in [0.5, 0.6) is 11.5 Å². The number of methoxy groups -OCH3 is 2. The van der Waals surface area contributed by atoms with Crippen molar-refractivity contribution in [1.82, 2.24) is 4.90 Å². The second-order valence-electron chi connectivity index (χ2n) is 15.5. The minimum absolute atomic E-state index is 0.0164. The molecule has 0 aromatic heterocycles. The van der Waals surface area contributed by atoms with Crippen LogP contribution in [0.4, 0.5) is 10.5 Å². The van der Waals surface area contributed by atoms with Gasteiger partial charge in [-0.3, -0.25) is 4.79 Å². The van der Waals surface area contributed by atoms with Gasteiger partial charge in [0.1, 0.15) is 11.5 Å². The largest absolute Gasteiger partial charge is 0.496 e. The first kappa shape index (κ1) is 42.8. The second-order valence-corrected chi connectivity index (χ2v) is 15.5. The Hall–Kier alpha value is -4.36. The first-order valence-electron chi connectivity index (χ1n) is 19.7. The van der Waals surface area contributed by atoms with E-state index in [4.69, 9.17) is 33.2 Å². The van der Waals surface area contributed by atoms with Gasteiger partial charge in [-0.05, 0) is 47.4 Å². The van der Waals surface area contributed by atoms with Gasteiger partial charge in [0.15, 0.2) is 0 Å². The van der Waals surface area contributed by atoms with Crippen LogP contribution in [0.25, 0.3) is 0 Å². The Kier molecular flexibility index (Phi) is 15.4. The molecule has 12 nitrogen and oxygen atoms in total. The van der Waals surface area contributed by atoms with Crippen LogP contribution in [0.15, 0.2) is 66.7 Å². The molecule has 2 aliphatic rings. The number of para-hydroxylation sites is 1. The number of aliphatic hydroxyl groups excluding tert-OH is 1. The van der Waals surface area contributed by atoms with Crippen molar-refractivity contribution < 1.29 is 47.9 Å². The van der Waals surface area contributed by atoms with Crippen molar-refractivity contribution in [3.8, 4) is 11.5 Å². The van der Waals surface area contributed by atoms with Gasteiger partial charge in [-0.15, -0.1) is 0 Å². The standard InChI is InChI=1S/C44H60N2O10/c1-30(2)42(48)55-31(3)56-43(49)46-25-38(47)41(33-15-17-35(18-16-33)53-23-11-22-52-28-34-12-8-9-13-39(34)51-7)40(26-46)54-27-32-14-19-36-37(24-32)45(20-10-21-50-6)29-44(36,4)5/h8-9,12-19,24,30-31,38,40-41,47H,10-11,20-23,25-29H2,1-7H3/t31?,38-,40+,41+/m1/s1. The Morgan fingerprint density at radius 2 is 1.66 bits per heavy atom. The highest BCUT2D eigenvalue weighted by molar-refractivity contribution is 5.72. The van der Waals surface area contributed by atoms with E-state index >= 15 is 0 Å². The summed E-state index contributed by atoms with van der Waals surface area (Å²) in [4.78, 5) is 29.2. The topological polar surface area (TPSA) is 125 Å². The van der Waals surface area contributed by atoms with Crippen LogP contribution >= 0.6 is 0 Å². The third-order valence-corrected chi connectivity index (χ3v) is 10.3. The predicted octanol–water partition coefficient (Wildman–Crippen LogP) is 6.84. The van der Waals surface area contributed by atoms with Gasteiger partial charge in [-0.2, -0.15) is 0 Å². The summed E-state index contributed by atoms with van der Waals surface area (Å²) in [6.07, 6.45) is -1.67. The van der Waals surface area contributed by atoms with E-state index in [1.54, 1.807) is 28.1 Å². The van der Waals surface area contributed by atoms with E-state index in [2.05, 4.69) is 36.9 Å². The van der Waals surface area contributed by atoms with E-state index in [1.807, 2.05) is 48.5 Å². The lowest BCUT2D eigenvalue weighted by Crippen LogP contribution is -2.54. The van der Waals surface area contributed by atoms with E-state index in [-0.39, 0.29) is 31.0 Å². The number of anilines is 1. The normalized spacial score (nSPS) is 19.4. The second kappa shape index (κ2) is 20.2. The van der Waals surface area contributed by atoms with Gasteiger partial charge in [0.25, 0.3) is 0 Å². The van der Waals surface area contributed by atoms with Gasteiger partial charge >= 0.3 is 12.1 Å². The predicted molar refractivity (Wildman–Crippen MR) is 213 cm³/mol. The number of ether oxygens (including phenoxy) is 7. The number of aliphatic hydroxyl groups is 1. The molecule has 0 radical (unpaired) electrons. The minimum Gasteiger partial charge on any atom is -0.496 e. The fraction of sp³-hybridized carbons (Fsp3) is 0.545. The summed E-state index contributed by atoms with van der Waals surface area (Å²) < 4.78 is 39.9. The average molecular weight is 777 g/mol.